The summed E-state index contributed by atoms with van der Waals surface area (Å²) in [4.78, 5) is 8.08. The van der Waals surface area contributed by atoms with E-state index in [0.29, 0.717) is 5.82 Å². The molecule has 1 aromatic heterocycles. The molecule has 0 atom stereocenters. The third-order valence-electron chi connectivity index (χ3n) is 2.47. The Balaban J connectivity index is 2.61. The zero-order valence-corrected chi connectivity index (χ0v) is 11.0. The maximum atomic E-state index is 13.3. The van der Waals surface area contributed by atoms with Gasteiger partial charge in [0, 0.05) is 10.0 Å². The van der Waals surface area contributed by atoms with Crippen LogP contribution in [0.25, 0.3) is 11.4 Å². The normalized spacial score (nSPS) is 10.6. The van der Waals surface area contributed by atoms with Crippen molar-refractivity contribution in [2.45, 2.75) is 13.8 Å². The Hall–Kier alpha value is -1.49. The molecule has 1 aromatic carbocycles. The number of benzene rings is 1. The molecule has 88 valence electrons. The summed E-state index contributed by atoms with van der Waals surface area (Å²) >= 11 is 3.38. The second kappa shape index (κ2) is 4.41. The molecular weight excluding hydrogens is 285 g/mol. The first-order chi connectivity index (χ1) is 7.99. The molecule has 1 heterocycles. The Morgan fingerprint density at radius 3 is 2.53 bits per heavy atom. The summed E-state index contributed by atoms with van der Waals surface area (Å²) in [5.74, 6) is -0.218. The van der Waals surface area contributed by atoms with Crippen molar-refractivity contribution < 1.29 is 4.39 Å². The SMILES string of the molecule is Cc1cc(Br)ccc1-c1nc(C)c(F)c(N)n1. The summed E-state index contributed by atoms with van der Waals surface area (Å²) in [7, 11) is 0. The first kappa shape index (κ1) is 12.0. The summed E-state index contributed by atoms with van der Waals surface area (Å²) in [6.45, 7) is 3.52. The van der Waals surface area contributed by atoms with E-state index in [4.69, 9.17) is 5.73 Å². The molecular formula is C12H11BrFN3. The minimum atomic E-state index is -0.552. The van der Waals surface area contributed by atoms with Crippen LogP contribution in [-0.4, -0.2) is 9.97 Å². The number of hydrogen-bond acceptors (Lipinski definition) is 3. The van der Waals surface area contributed by atoms with E-state index in [-0.39, 0.29) is 11.5 Å². The number of rotatable bonds is 1. The van der Waals surface area contributed by atoms with Crippen molar-refractivity contribution in [2.75, 3.05) is 5.73 Å². The molecule has 0 bridgehead atoms. The first-order valence-corrected chi connectivity index (χ1v) is 5.84. The molecule has 0 amide bonds. The van der Waals surface area contributed by atoms with E-state index in [1.165, 1.54) is 0 Å². The lowest BCUT2D eigenvalue weighted by Crippen LogP contribution is -2.03. The minimum absolute atomic E-state index is 0.116. The van der Waals surface area contributed by atoms with Crippen LogP contribution in [0.15, 0.2) is 22.7 Å². The number of aryl methyl sites for hydroxylation is 2. The summed E-state index contributed by atoms with van der Waals surface area (Å²) < 4.78 is 14.3. The lowest BCUT2D eigenvalue weighted by atomic mass is 10.1. The zero-order valence-electron chi connectivity index (χ0n) is 9.46. The van der Waals surface area contributed by atoms with E-state index in [2.05, 4.69) is 25.9 Å². The summed E-state index contributed by atoms with van der Waals surface area (Å²) in [6, 6.07) is 5.72. The third kappa shape index (κ3) is 2.29. The van der Waals surface area contributed by atoms with Gasteiger partial charge in [0.15, 0.2) is 17.5 Å². The highest BCUT2D eigenvalue weighted by Gasteiger charge is 2.11. The molecule has 0 aliphatic carbocycles. The predicted molar refractivity (Wildman–Crippen MR) is 69.0 cm³/mol. The fraction of sp³-hybridized carbons (Fsp3) is 0.167. The molecule has 0 aliphatic rings. The van der Waals surface area contributed by atoms with Crippen LogP contribution < -0.4 is 5.73 Å². The highest BCUT2D eigenvalue weighted by Crippen LogP contribution is 2.25. The van der Waals surface area contributed by atoms with Crippen LogP contribution in [0.2, 0.25) is 0 Å². The van der Waals surface area contributed by atoms with Gasteiger partial charge in [-0.1, -0.05) is 15.9 Å². The predicted octanol–water partition coefficient (Wildman–Crippen LogP) is 3.24. The van der Waals surface area contributed by atoms with Crippen LogP contribution >= 0.6 is 15.9 Å². The second-order valence-corrected chi connectivity index (χ2v) is 4.71. The van der Waals surface area contributed by atoms with Crippen molar-refractivity contribution in [1.82, 2.24) is 9.97 Å². The molecule has 0 fully saturated rings. The molecule has 2 N–H and O–H groups in total. The highest BCUT2D eigenvalue weighted by molar-refractivity contribution is 9.10. The summed E-state index contributed by atoms with van der Waals surface area (Å²) in [5, 5.41) is 0. The number of nitrogens with two attached hydrogens (primary N) is 1. The van der Waals surface area contributed by atoms with Crippen LogP contribution in [0.3, 0.4) is 0 Å². The van der Waals surface area contributed by atoms with Gasteiger partial charge in [0.05, 0.1) is 5.69 Å². The topological polar surface area (TPSA) is 51.8 Å². The molecule has 0 radical (unpaired) electrons. The van der Waals surface area contributed by atoms with Crippen molar-refractivity contribution >= 4 is 21.7 Å². The molecule has 0 unspecified atom stereocenters. The van der Waals surface area contributed by atoms with Crippen molar-refractivity contribution in [2.24, 2.45) is 0 Å². The molecule has 5 heteroatoms. The number of nitrogens with zero attached hydrogens (tertiary/aromatic N) is 2. The van der Waals surface area contributed by atoms with E-state index in [1.807, 2.05) is 25.1 Å². The Bertz CT molecular complexity index is 561. The van der Waals surface area contributed by atoms with Gasteiger partial charge in [0.25, 0.3) is 0 Å². The average Bonchev–Trinajstić information content (AvgIpc) is 2.25. The van der Waals surface area contributed by atoms with Gasteiger partial charge in [-0.25, -0.2) is 14.4 Å². The molecule has 0 spiro atoms. The molecule has 2 aromatic rings. The number of hydrogen-bond donors (Lipinski definition) is 1. The fourth-order valence-corrected chi connectivity index (χ4v) is 2.06. The van der Waals surface area contributed by atoms with Gasteiger partial charge in [0.2, 0.25) is 0 Å². The van der Waals surface area contributed by atoms with Gasteiger partial charge < -0.3 is 5.73 Å². The lowest BCUT2D eigenvalue weighted by Gasteiger charge is -2.07. The van der Waals surface area contributed by atoms with Crippen LogP contribution in [0.1, 0.15) is 11.3 Å². The first-order valence-electron chi connectivity index (χ1n) is 5.05. The number of nitrogen functional groups attached to an aromatic ring is 1. The Morgan fingerprint density at radius 2 is 1.94 bits per heavy atom. The monoisotopic (exact) mass is 295 g/mol. The summed E-state index contributed by atoms with van der Waals surface area (Å²) in [6.07, 6.45) is 0. The van der Waals surface area contributed by atoms with E-state index in [1.54, 1.807) is 6.92 Å². The van der Waals surface area contributed by atoms with E-state index >= 15 is 0 Å². The summed E-state index contributed by atoms with van der Waals surface area (Å²) in [5.41, 5.74) is 7.62. The van der Waals surface area contributed by atoms with Gasteiger partial charge in [-0.05, 0) is 37.6 Å². The zero-order chi connectivity index (χ0) is 12.6. The van der Waals surface area contributed by atoms with Crippen molar-refractivity contribution in [3.63, 3.8) is 0 Å². The van der Waals surface area contributed by atoms with Crippen LogP contribution in [0.4, 0.5) is 10.2 Å². The number of anilines is 1. The fourth-order valence-electron chi connectivity index (χ4n) is 1.58. The number of halogens is 2. The van der Waals surface area contributed by atoms with Gasteiger partial charge in [-0.3, -0.25) is 0 Å². The number of aromatic nitrogens is 2. The van der Waals surface area contributed by atoms with Gasteiger partial charge in [0.1, 0.15) is 0 Å². The van der Waals surface area contributed by atoms with E-state index < -0.39 is 5.82 Å². The van der Waals surface area contributed by atoms with Crippen molar-refractivity contribution in [1.29, 1.82) is 0 Å². The maximum absolute atomic E-state index is 13.3. The van der Waals surface area contributed by atoms with Gasteiger partial charge in [-0.2, -0.15) is 0 Å². The molecule has 0 saturated heterocycles. The molecule has 17 heavy (non-hydrogen) atoms. The minimum Gasteiger partial charge on any atom is -0.381 e. The van der Waals surface area contributed by atoms with Gasteiger partial charge in [-0.15, -0.1) is 0 Å². The molecule has 0 aliphatic heterocycles. The van der Waals surface area contributed by atoms with Crippen molar-refractivity contribution in [3.05, 3.63) is 39.7 Å². The Labute approximate surface area is 107 Å². The van der Waals surface area contributed by atoms with Gasteiger partial charge >= 0.3 is 0 Å². The lowest BCUT2D eigenvalue weighted by molar-refractivity contribution is 0.608. The largest absolute Gasteiger partial charge is 0.381 e. The van der Waals surface area contributed by atoms with Crippen LogP contribution in [-0.2, 0) is 0 Å². The van der Waals surface area contributed by atoms with Crippen LogP contribution in [0.5, 0.6) is 0 Å². The van der Waals surface area contributed by atoms with E-state index in [0.717, 1.165) is 15.6 Å². The molecule has 3 nitrogen and oxygen atoms in total. The Morgan fingerprint density at radius 1 is 1.24 bits per heavy atom. The molecule has 0 saturated carbocycles. The standard InChI is InChI=1S/C12H11BrFN3/c1-6-5-8(13)3-4-9(6)12-16-7(2)10(14)11(15)17-12/h3-5H,1-2H3,(H2,15,16,17). The van der Waals surface area contributed by atoms with Crippen LogP contribution in [0, 0.1) is 19.7 Å². The smallest absolute Gasteiger partial charge is 0.186 e. The van der Waals surface area contributed by atoms with E-state index in [9.17, 15) is 4.39 Å². The Kier molecular flexibility index (Phi) is 3.11. The molecule has 2 rings (SSSR count). The average molecular weight is 296 g/mol. The highest BCUT2D eigenvalue weighted by atomic mass is 79.9. The van der Waals surface area contributed by atoms with Crippen molar-refractivity contribution in [3.8, 4) is 11.4 Å². The second-order valence-electron chi connectivity index (χ2n) is 3.79. The maximum Gasteiger partial charge on any atom is 0.186 e. The quantitative estimate of drug-likeness (QED) is 0.879. The third-order valence-corrected chi connectivity index (χ3v) is 2.97.